The van der Waals surface area contributed by atoms with E-state index >= 15 is 0 Å². The number of hydrogen-bond acceptors (Lipinski definition) is 7. The summed E-state index contributed by atoms with van der Waals surface area (Å²) in [6.45, 7) is 0. The van der Waals surface area contributed by atoms with E-state index in [0.29, 0.717) is 33.9 Å². The van der Waals surface area contributed by atoms with Crippen LogP contribution in [0.2, 0.25) is 5.02 Å². The van der Waals surface area contributed by atoms with Gasteiger partial charge in [-0.25, -0.2) is 4.68 Å². The van der Waals surface area contributed by atoms with Crippen LogP contribution in [-0.2, 0) is 10.5 Å². The zero-order valence-corrected chi connectivity index (χ0v) is 18.4. The van der Waals surface area contributed by atoms with E-state index in [4.69, 9.17) is 11.6 Å². The normalized spacial score (nSPS) is 17.5. The molecule has 1 aliphatic heterocycles. The summed E-state index contributed by atoms with van der Waals surface area (Å²) in [5.74, 6) is 1.31. The van der Waals surface area contributed by atoms with Crippen molar-refractivity contribution in [3.8, 4) is 0 Å². The van der Waals surface area contributed by atoms with Gasteiger partial charge < -0.3 is 5.32 Å². The van der Waals surface area contributed by atoms with Crippen LogP contribution in [0.1, 0.15) is 36.4 Å². The van der Waals surface area contributed by atoms with Crippen LogP contribution >= 0.6 is 23.4 Å². The number of nitrogens with zero attached hydrogens (tertiary/aromatic N) is 4. The molecule has 0 saturated heterocycles. The number of fused-ring (bicyclic) bond motifs is 1. The lowest BCUT2D eigenvalue weighted by molar-refractivity contribution is -0.384. The van der Waals surface area contributed by atoms with Gasteiger partial charge in [0.2, 0.25) is 11.1 Å². The summed E-state index contributed by atoms with van der Waals surface area (Å²) in [5.41, 5.74) is 3.39. The Kier molecular flexibility index (Phi) is 5.44. The minimum Gasteiger partial charge on any atom is -0.328 e. The Labute approximate surface area is 192 Å². The number of halogens is 1. The average molecular weight is 468 g/mol. The summed E-state index contributed by atoms with van der Waals surface area (Å²) in [4.78, 5) is 28.1. The quantitative estimate of drug-likeness (QED) is 0.314. The standard InChI is InChI=1S/C22H18ClN5O3S/c23-15-8-4-13(5-9-15)12-32-22-25-21-24-17-2-1-3-18(29)19(17)20(27(21)26-22)14-6-10-16(11-7-14)28(30)31/h4-11,20H,1-3,12H2,(H,24,25,26). The number of nitrogens with one attached hydrogen (secondary N) is 1. The first-order valence-corrected chi connectivity index (χ1v) is 11.5. The molecular weight excluding hydrogens is 450 g/mol. The van der Waals surface area contributed by atoms with E-state index in [0.717, 1.165) is 29.7 Å². The highest BCUT2D eigenvalue weighted by molar-refractivity contribution is 7.98. The molecule has 1 aromatic heterocycles. The first-order chi connectivity index (χ1) is 15.5. The van der Waals surface area contributed by atoms with Gasteiger partial charge in [-0.2, -0.15) is 4.98 Å². The monoisotopic (exact) mass is 467 g/mol. The number of hydrogen-bond donors (Lipinski definition) is 1. The molecule has 0 radical (unpaired) electrons. The van der Waals surface area contributed by atoms with Crippen molar-refractivity contribution >= 4 is 40.8 Å². The summed E-state index contributed by atoms with van der Waals surface area (Å²) in [5, 5.41) is 20.3. The predicted octanol–water partition coefficient (Wildman–Crippen LogP) is 5.15. The summed E-state index contributed by atoms with van der Waals surface area (Å²) in [6.07, 6.45) is 2.01. The third-order valence-corrected chi connectivity index (χ3v) is 6.71. The molecule has 5 rings (SSSR count). The zero-order valence-electron chi connectivity index (χ0n) is 16.8. The molecule has 1 N–H and O–H groups in total. The van der Waals surface area contributed by atoms with Crippen LogP contribution in [0.25, 0.3) is 0 Å². The van der Waals surface area contributed by atoms with E-state index in [2.05, 4.69) is 15.4 Å². The SMILES string of the molecule is O=C1CCCC2=C1C(c1ccc([N+](=O)[O-])cc1)n1nc(SCc3ccc(Cl)cc3)nc1N2. The lowest BCUT2D eigenvalue weighted by Crippen LogP contribution is -2.31. The molecule has 10 heteroatoms. The minimum atomic E-state index is -0.466. The van der Waals surface area contributed by atoms with Gasteiger partial charge in [-0.3, -0.25) is 14.9 Å². The Morgan fingerprint density at radius 1 is 1.16 bits per heavy atom. The Hall–Kier alpha value is -3.17. The first-order valence-electron chi connectivity index (χ1n) is 10.1. The molecule has 8 nitrogen and oxygen atoms in total. The van der Waals surface area contributed by atoms with Crippen LogP contribution in [0.15, 0.2) is 65.0 Å². The van der Waals surface area contributed by atoms with Gasteiger partial charge in [0.25, 0.3) is 5.69 Å². The fraction of sp³-hybridized carbons (Fsp3) is 0.227. The fourth-order valence-electron chi connectivity index (χ4n) is 4.01. The fourth-order valence-corrected chi connectivity index (χ4v) is 4.92. The second-order valence-corrected chi connectivity index (χ2v) is 9.00. The smallest absolute Gasteiger partial charge is 0.269 e. The van der Waals surface area contributed by atoms with Crippen molar-refractivity contribution < 1.29 is 9.72 Å². The van der Waals surface area contributed by atoms with Crippen LogP contribution in [-0.4, -0.2) is 25.5 Å². The lowest BCUT2D eigenvalue weighted by Gasteiger charge is -2.32. The molecule has 0 fully saturated rings. The minimum absolute atomic E-state index is 0.00452. The van der Waals surface area contributed by atoms with Crippen LogP contribution in [0.5, 0.6) is 0 Å². The molecule has 2 aromatic carbocycles. The van der Waals surface area contributed by atoms with E-state index in [1.165, 1.54) is 23.9 Å². The van der Waals surface area contributed by atoms with Gasteiger partial charge >= 0.3 is 0 Å². The second kappa shape index (κ2) is 8.40. The number of allylic oxidation sites excluding steroid dienone is 2. The van der Waals surface area contributed by atoms with Gasteiger partial charge in [0, 0.05) is 40.6 Å². The largest absolute Gasteiger partial charge is 0.328 e. The van der Waals surface area contributed by atoms with Crippen molar-refractivity contribution in [1.82, 2.24) is 14.8 Å². The molecule has 3 aromatic rings. The molecule has 162 valence electrons. The number of nitro groups is 1. The van der Waals surface area contributed by atoms with Gasteiger partial charge in [-0.15, -0.1) is 5.10 Å². The van der Waals surface area contributed by atoms with Crippen molar-refractivity contribution in [3.63, 3.8) is 0 Å². The van der Waals surface area contributed by atoms with E-state index < -0.39 is 11.0 Å². The number of aromatic nitrogens is 3. The molecule has 1 aliphatic carbocycles. The van der Waals surface area contributed by atoms with Gasteiger partial charge in [-0.1, -0.05) is 35.5 Å². The van der Waals surface area contributed by atoms with Gasteiger partial charge in [0.15, 0.2) is 5.78 Å². The third-order valence-electron chi connectivity index (χ3n) is 5.55. The van der Waals surface area contributed by atoms with Gasteiger partial charge in [-0.05, 0) is 48.2 Å². The number of rotatable bonds is 5. The molecule has 1 atom stereocenters. The Morgan fingerprint density at radius 3 is 2.62 bits per heavy atom. The van der Waals surface area contributed by atoms with Gasteiger partial charge in [0.05, 0.1) is 4.92 Å². The Morgan fingerprint density at radius 2 is 1.91 bits per heavy atom. The number of carbonyl (C=O) groups excluding carboxylic acids is 1. The number of benzene rings is 2. The molecule has 2 heterocycles. The number of Topliss-reactive ketones (excluding diaryl/α,β-unsaturated/α-hetero) is 1. The number of ketones is 1. The van der Waals surface area contributed by atoms with Crippen LogP contribution in [0.4, 0.5) is 11.6 Å². The number of nitro benzene ring substituents is 1. The molecule has 0 bridgehead atoms. The maximum absolute atomic E-state index is 12.9. The highest BCUT2D eigenvalue weighted by Crippen LogP contribution is 2.41. The second-order valence-electron chi connectivity index (χ2n) is 7.62. The maximum Gasteiger partial charge on any atom is 0.269 e. The topological polar surface area (TPSA) is 103 Å². The van der Waals surface area contributed by atoms with E-state index in [1.54, 1.807) is 16.8 Å². The van der Waals surface area contributed by atoms with E-state index in [1.807, 2.05) is 24.3 Å². The maximum atomic E-state index is 12.9. The highest BCUT2D eigenvalue weighted by atomic mass is 35.5. The Balaban J connectivity index is 1.49. The highest BCUT2D eigenvalue weighted by Gasteiger charge is 2.37. The molecular formula is C22H18ClN5O3S. The van der Waals surface area contributed by atoms with Crippen molar-refractivity contribution in [2.45, 2.75) is 36.2 Å². The van der Waals surface area contributed by atoms with Crippen LogP contribution in [0, 0.1) is 10.1 Å². The van der Waals surface area contributed by atoms with E-state index in [-0.39, 0.29) is 11.5 Å². The molecule has 2 aliphatic rings. The summed E-state index contributed by atoms with van der Waals surface area (Å²) in [6, 6.07) is 13.4. The number of carbonyl (C=O) groups is 1. The molecule has 0 spiro atoms. The average Bonchev–Trinajstić information content (AvgIpc) is 3.20. The predicted molar refractivity (Wildman–Crippen MR) is 122 cm³/mol. The van der Waals surface area contributed by atoms with E-state index in [9.17, 15) is 14.9 Å². The van der Waals surface area contributed by atoms with Crippen LogP contribution in [0.3, 0.4) is 0 Å². The van der Waals surface area contributed by atoms with Crippen molar-refractivity contribution in [1.29, 1.82) is 0 Å². The van der Waals surface area contributed by atoms with Crippen molar-refractivity contribution in [2.75, 3.05) is 5.32 Å². The number of non-ortho nitro benzene ring substituents is 1. The first kappa shape index (κ1) is 20.7. The van der Waals surface area contributed by atoms with Crippen LogP contribution < -0.4 is 5.32 Å². The number of anilines is 1. The van der Waals surface area contributed by atoms with Gasteiger partial charge in [0.1, 0.15) is 6.04 Å². The molecule has 1 unspecified atom stereocenters. The molecule has 0 amide bonds. The Bertz CT molecular complexity index is 1240. The van der Waals surface area contributed by atoms with Crippen molar-refractivity contribution in [3.05, 3.63) is 86.1 Å². The molecule has 0 saturated carbocycles. The summed E-state index contributed by atoms with van der Waals surface area (Å²) >= 11 is 7.45. The zero-order chi connectivity index (χ0) is 22.2. The third kappa shape index (κ3) is 3.89. The lowest BCUT2D eigenvalue weighted by atomic mass is 9.85. The molecule has 32 heavy (non-hydrogen) atoms. The summed E-state index contributed by atoms with van der Waals surface area (Å²) in [7, 11) is 0. The number of thioether (sulfide) groups is 1. The summed E-state index contributed by atoms with van der Waals surface area (Å²) < 4.78 is 1.72. The van der Waals surface area contributed by atoms with Crippen molar-refractivity contribution in [2.24, 2.45) is 0 Å².